The molecule has 2 saturated carbocycles. The highest BCUT2D eigenvalue weighted by atomic mass is 35.5. The lowest BCUT2D eigenvalue weighted by molar-refractivity contribution is -0.137. The number of carbonyl (C=O) groups excluding carboxylic acids is 1. The molecule has 0 bridgehead atoms. The molecule has 2 nitrogen and oxygen atoms in total. The van der Waals surface area contributed by atoms with E-state index in [1.54, 1.807) is 6.92 Å². The van der Waals surface area contributed by atoms with Gasteiger partial charge in [-0.2, -0.15) is 0 Å². The maximum absolute atomic E-state index is 11.5. The van der Waals surface area contributed by atoms with Gasteiger partial charge in [0.2, 0.25) is 0 Å². The molecule has 0 saturated heterocycles. The molecule has 4 atom stereocenters. The first-order valence-electron chi connectivity index (χ1n) is 5.42. The van der Waals surface area contributed by atoms with E-state index in [-0.39, 0.29) is 17.1 Å². The topological polar surface area (TPSA) is 37.3 Å². The summed E-state index contributed by atoms with van der Waals surface area (Å²) in [4.78, 5) is 11.5. The van der Waals surface area contributed by atoms with Crippen LogP contribution in [-0.4, -0.2) is 21.9 Å². The first-order valence-corrected chi connectivity index (χ1v) is 5.86. The molecular weight excluding hydrogens is 200 g/mol. The minimum atomic E-state index is -0.781. The molecule has 2 aliphatic carbocycles. The molecule has 2 rings (SSSR count). The largest absolute Gasteiger partial charge is 0.389 e. The molecule has 0 amide bonds. The zero-order chi connectivity index (χ0) is 10.3. The minimum Gasteiger partial charge on any atom is -0.389 e. The Labute approximate surface area is 89.6 Å². The number of hydrogen-bond donors (Lipinski definition) is 1. The fourth-order valence-corrected chi connectivity index (χ4v) is 3.86. The number of fused-ring (bicyclic) bond motifs is 1. The van der Waals surface area contributed by atoms with E-state index in [1.807, 2.05) is 0 Å². The summed E-state index contributed by atoms with van der Waals surface area (Å²) in [7, 11) is 0. The zero-order valence-electron chi connectivity index (χ0n) is 8.50. The molecule has 1 N–H and O–H groups in total. The fraction of sp³-hybridized carbons (Fsp3) is 0.909. The second kappa shape index (κ2) is 3.49. The third-order valence-electron chi connectivity index (χ3n) is 3.97. The molecule has 0 aliphatic heterocycles. The van der Waals surface area contributed by atoms with Gasteiger partial charge in [0.05, 0.1) is 11.5 Å². The molecular formula is C11H17ClO2. The molecule has 2 aliphatic rings. The Morgan fingerprint density at radius 2 is 2.14 bits per heavy atom. The van der Waals surface area contributed by atoms with Gasteiger partial charge in [-0.15, -0.1) is 11.6 Å². The Hall–Kier alpha value is -0.0800. The van der Waals surface area contributed by atoms with Gasteiger partial charge in [-0.3, -0.25) is 4.79 Å². The lowest BCUT2D eigenvalue weighted by Gasteiger charge is -2.43. The number of ketones is 1. The average Bonchev–Trinajstić information content (AvgIpc) is 2.44. The van der Waals surface area contributed by atoms with E-state index in [1.165, 1.54) is 0 Å². The minimum absolute atomic E-state index is 0.0547. The van der Waals surface area contributed by atoms with Crippen molar-refractivity contribution in [2.75, 3.05) is 0 Å². The molecule has 3 heteroatoms. The molecule has 2 fully saturated rings. The molecule has 0 unspecified atom stereocenters. The molecule has 0 radical (unpaired) electrons. The van der Waals surface area contributed by atoms with E-state index < -0.39 is 5.60 Å². The van der Waals surface area contributed by atoms with Gasteiger partial charge < -0.3 is 5.11 Å². The van der Waals surface area contributed by atoms with Crippen molar-refractivity contribution in [1.82, 2.24) is 0 Å². The number of alkyl halides is 1. The lowest BCUT2D eigenvalue weighted by atomic mass is 9.68. The van der Waals surface area contributed by atoms with E-state index >= 15 is 0 Å². The van der Waals surface area contributed by atoms with Gasteiger partial charge >= 0.3 is 0 Å². The van der Waals surface area contributed by atoms with Crippen molar-refractivity contribution in [1.29, 1.82) is 0 Å². The summed E-state index contributed by atoms with van der Waals surface area (Å²) in [6.07, 6.45) is 4.71. The summed E-state index contributed by atoms with van der Waals surface area (Å²) in [5.74, 6) is 0.0379. The third-order valence-corrected chi connectivity index (χ3v) is 4.44. The molecule has 0 aromatic rings. The highest BCUT2D eigenvalue weighted by Gasteiger charge is 2.54. The molecule has 0 heterocycles. The number of hydrogen-bond acceptors (Lipinski definition) is 2. The first kappa shape index (κ1) is 10.4. The molecule has 14 heavy (non-hydrogen) atoms. The van der Waals surface area contributed by atoms with Gasteiger partial charge in [-0.05, 0) is 38.5 Å². The van der Waals surface area contributed by atoms with Crippen LogP contribution < -0.4 is 0 Å². The van der Waals surface area contributed by atoms with Crippen molar-refractivity contribution in [3.8, 4) is 0 Å². The van der Waals surface area contributed by atoms with Crippen molar-refractivity contribution in [3.63, 3.8) is 0 Å². The number of halogens is 1. The summed E-state index contributed by atoms with van der Waals surface area (Å²) < 4.78 is 0. The molecule has 0 aromatic heterocycles. The SMILES string of the molecule is CC(=O)[C@@H]1[C@@H](Cl)CC[C@H]2CCC[C@]21O. The highest BCUT2D eigenvalue weighted by Crippen LogP contribution is 2.50. The maximum Gasteiger partial charge on any atom is 0.137 e. The van der Waals surface area contributed by atoms with Crippen molar-refractivity contribution in [2.24, 2.45) is 11.8 Å². The van der Waals surface area contributed by atoms with Crippen molar-refractivity contribution < 1.29 is 9.90 Å². The van der Waals surface area contributed by atoms with Crippen LogP contribution in [0.4, 0.5) is 0 Å². The van der Waals surface area contributed by atoms with Gasteiger partial charge in [0.25, 0.3) is 0 Å². The normalized spacial score (nSPS) is 47.5. The van der Waals surface area contributed by atoms with Crippen molar-refractivity contribution >= 4 is 17.4 Å². The maximum atomic E-state index is 11.5. The van der Waals surface area contributed by atoms with Crippen molar-refractivity contribution in [3.05, 3.63) is 0 Å². The molecule has 0 aromatic carbocycles. The second-order valence-electron chi connectivity index (χ2n) is 4.76. The van der Waals surface area contributed by atoms with E-state index in [0.29, 0.717) is 5.92 Å². The van der Waals surface area contributed by atoms with E-state index in [0.717, 1.165) is 32.1 Å². The number of aliphatic hydroxyl groups is 1. The standard InChI is InChI=1S/C11H17ClO2/c1-7(13)10-9(12)5-4-8-3-2-6-11(8,10)14/h8-10,14H,2-6H2,1H3/t8-,9+,10-,11+/m1/s1. The Morgan fingerprint density at radius 3 is 2.79 bits per heavy atom. The first-order chi connectivity index (χ1) is 6.55. The van der Waals surface area contributed by atoms with Crippen LogP contribution in [0, 0.1) is 11.8 Å². The number of rotatable bonds is 1. The van der Waals surface area contributed by atoms with E-state index in [2.05, 4.69) is 0 Å². The smallest absolute Gasteiger partial charge is 0.137 e. The Bertz CT molecular complexity index is 254. The van der Waals surface area contributed by atoms with Crippen LogP contribution in [0.15, 0.2) is 0 Å². The predicted octanol–water partition coefficient (Wildman–Crippen LogP) is 2.12. The van der Waals surface area contributed by atoms with E-state index in [4.69, 9.17) is 11.6 Å². The van der Waals surface area contributed by atoms with Crippen LogP contribution in [0.2, 0.25) is 0 Å². The fourth-order valence-electron chi connectivity index (χ4n) is 3.34. The van der Waals surface area contributed by atoms with Crippen LogP contribution in [0.25, 0.3) is 0 Å². The summed E-state index contributed by atoms with van der Waals surface area (Å²) in [5.41, 5.74) is -0.781. The van der Waals surface area contributed by atoms with Crippen LogP contribution in [0.1, 0.15) is 39.0 Å². The van der Waals surface area contributed by atoms with Crippen LogP contribution >= 0.6 is 11.6 Å². The summed E-state index contributed by atoms with van der Waals surface area (Å²) in [6.45, 7) is 1.55. The quantitative estimate of drug-likeness (QED) is 0.682. The highest BCUT2D eigenvalue weighted by molar-refractivity contribution is 6.22. The van der Waals surface area contributed by atoms with Crippen LogP contribution in [-0.2, 0) is 4.79 Å². The van der Waals surface area contributed by atoms with Crippen LogP contribution in [0.3, 0.4) is 0 Å². The lowest BCUT2D eigenvalue weighted by Crippen LogP contribution is -2.52. The number of Topliss-reactive ketones (excluding diaryl/α,β-unsaturated/α-hetero) is 1. The van der Waals surface area contributed by atoms with Gasteiger partial charge in [0, 0.05) is 5.38 Å². The Morgan fingerprint density at radius 1 is 1.43 bits per heavy atom. The molecule has 0 spiro atoms. The monoisotopic (exact) mass is 216 g/mol. The second-order valence-corrected chi connectivity index (χ2v) is 5.32. The summed E-state index contributed by atoms with van der Waals surface area (Å²) in [6, 6.07) is 0. The van der Waals surface area contributed by atoms with E-state index in [9.17, 15) is 9.90 Å². The predicted molar refractivity (Wildman–Crippen MR) is 55.3 cm³/mol. The Balaban J connectivity index is 2.29. The van der Waals surface area contributed by atoms with Gasteiger partial charge in [-0.25, -0.2) is 0 Å². The molecule has 80 valence electrons. The van der Waals surface area contributed by atoms with Crippen LogP contribution in [0.5, 0.6) is 0 Å². The van der Waals surface area contributed by atoms with Crippen molar-refractivity contribution in [2.45, 2.75) is 50.0 Å². The van der Waals surface area contributed by atoms with Gasteiger partial charge in [0.1, 0.15) is 5.78 Å². The average molecular weight is 217 g/mol. The third kappa shape index (κ3) is 1.40. The van der Waals surface area contributed by atoms with Gasteiger partial charge in [0.15, 0.2) is 0 Å². The summed E-state index contributed by atoms with van der Waals surface area (Å²) >= 11 is 6.15. The number of carbonyl (C=O) groups is 1. The zero-order valence-corrected chi connectivity index (χ0v) is 9.26. The summed E-state index contributed by atoms with van der Waals surface area (Å²) in [5, 5.41) is 10.3. The van der Waals surface area contributed by atoms with Gasteiger partial charge in [-0.1, -0.05) is 6.42 Å². The Kier molecular flexibility index (Phi) is 2.61.